The van der Waals surface area contributed by atoms with Gasteiger partial charge >= 0.3 is 0 Å². The number of hydrogen-bond acceptors (Lipinski definition) is 4. The lowest BCUT2D eigenvalue weighted by Gasteiger charge is -2.30. The molecule has 7 nitrogen and oxygen atoms in total. The number of carbonyl (C=O) groups excluding carboxylic acids is 2. The van der Waals surface area contributed by atoms with E-state index in [0.717, 1.165) is 25.7 Å². The Balaban J connectivity index is 1.42. The minimum Gasteiger partial charge on any atom is -0.502 e. The summed E-state index contributed by atoms with van der Waals surface area (Å²) >= 11 is 5.86. The van der Waals surface area contributed by atoms with E-state index in [9.17, 15) is 23.9 Å². The molecule has 1 aromatic carbocycles. The van der Waals surface area contributed by atoms with E-state index in [1.165, 1.54) is 21.6 Å². The van der Waals surface area contributed by atoms with Crippen LogP contribution in [0.3, 0.4) is 0 Å². The van der Waals surface area contributed by atoms with Crippen molar-refractivity contribution in [3.8, 4) is 5.75 Å². The highest BCUT2D eigenvalue weighted by Gasteiger charge is 2.53. The van der Waals surface area contributed by atoms with Crippen LogP contribution in [0.4, 0.5) is 4.39 Å². The van der Waals surface area contributed by atoms with Gasteiger partial charge in [-0.05, 0) is 55.7 Å². The van der Waals surface area contributed by atoms with Crippen LogP contribution < -0.4 is 5.56 Å². The molecule has 1 unspecified atom stereocenters. The van der Waals surface area contributed by atoms with E-state index in [-0.39, 0.29) is 46.9 Å². The van der Waals surface area contributed by atoms with Crippen molar-refractivity contribution >= 4 is 23.4 Å². The number of rotatable bonds is 4. The van der Waals surface area contributed by atoms with Gasteiger partial charge in [0, 0.05) is 24.7 Å². The first-order valence-electron chi connectivity index (χ1n) is 10.9. The lowest BCUT2D eigenvalue weighted by atomic mass is 9.95. The number of carbonyl (C=O) groups is 2. The molecule has 2 aliphatic heterocycles. The topological polar surface area (TPSA) is 82.8 Å². The number of aromatic hydroxyl groups is 1. The van der Waals surface area contributed by atoms with Gasteiger partial charge in [0.15, 0.2) is 5.75 Å². The molecule has 2 aromatic rings. The molecule has 6 rings (SSSR count). The Hall–Kier alpha value is -2.87. The Morgan fingerprint density at radius 1 is 1.09 bits per heavy atom. The van der Waals surface area contributed by atoms with E-state index < -0.39 is 23.0 Å². The number of halogens is 2. The van der Waals surface area contributed by atoms with Crippen molar-refractivity contribution in [1.82, 2.24) is 14.4 Å². The first kappa shape index (κ1) is 19.8. The molecule has 0 spiro atoms. The largest absolute Gasteiger partial charge is 0.502 e. The summed E-state index contributed by atoms with van der Waals surface area (Å²) in [5, 5.41) is 10.8. The molecule has 1 aromatic heterocycles. The third kappa shape index (κ3) is 2.81. The van der Waals surface area contributed by atoms with Gasteiger partial charge in [-0.3, -0.25) is 19.0 Å². The van der Waals surface area contributed by atoms with Gasteiger partial charge in [0.2, 0.25) is 0 Å². The van der Waals surface area contributed by atoms with Crippen molar-refractivity contribution in [3.63, 3.8) is 0 Å². The summed E-state index contributed by atoms with van der Waals surface area (Å²) in [6, 6.07) is 4.36. The van der Waals surface area contributed by atoms with Crippen molar-refractivity contribution in [2.75, 3.05) is 6.54 Å². The predicted molar refractivity (Wildman–Crippen MR) is 113 cm³/mol. The highest BCUT2D eigenvalue weighted by molar-refractivity contribution is 6.30. The summed E-state index contributed by atoms with van der Waals surface area (Å²) in [6.45, 7) is 0.471. The molecular formula is C23H21ClFN3O4. The molecule has 2 saturated carbocycles. The first-order valence-corrected chi connectivity index (χ1v) is 11.3. The summed E-state index contributed by atoms with van der Waals surface area (Å²) in [6.07, 6.45) is 3.71. The van der Waals surface area contributed by atoms with Crippen LogP contribution in [-0.2, 0) is 13.0 Å². The minimum atomic E-state index is -0.674. The van der Waals surface area contributed by atoms with Gasteiger partial charge in [-0.1, -0.05) is 17.7 Å². The van der Waals surface area contributed by atoms with Gasteiger partial charge in [0.1, 0.15) is 17.7 Å². The van der Waals surface area contributed by atoms with Crippen molar-refractivity contribution < 1.29 is 19.1 Å². The Labute approximate surface area is 188 Å². The quantitative estimate of drug-likeness (QED) is 0.765. The summed E-state index contributed by atoms with van der Waals surface area (Å²) in [4.78, 5) is 43.2. The van der Waals surface area contributed by atoms with Crippen LogP contribution in [0.1, 0.15) is 63.8 Å². The average Bonchev–Trinajstić information content (AvgIpc) is 3.68. The maximum absolute atomic E-state index is 13.5. The van der Waals surface area contributed by atoms with Crippen LogP contribution in [0.25, 0.3) is 0 Å². The summed E-state index contributed by atoms with van der Waals surface area (Å²) < 4.78 is 14.9. The molecule has 4 aliphatic rings. The minimum absolute atomic E-state index is 0.0387. The normalized spacial score (nSPS) is 22.4. The lowest BCUT2D eigenvalue weighted by Crippen LogP contribution is -2.40. The Morgan fingerprint density at radius 3 is 2.50 bits per heavy atom. The molecular weight excluding hydrogens is 437 g/mol. The van der Waals surface area contributed by atoms with Crippen LogP contribution in [0.15, 0.2) is 23.0 Å². The predicted octanol–water partition coefficient (Wildman–Crippen LogP) is 3.07. The van der Waals surface area contributed by atoms with E-state index in [0.29, 0.717) is 24.1 Å². The van der Waals surface area contributed by atoms with Crippen LogP contribution in [0.2, 0.25) is 5.02 Å². The standard InChI is InChI=1S/C23H21ClFN3O4/c24-15-9-11(1-6-16(15)25)10-26-8-7-14-17(21(26)30)19(29)23(32)28-18(14)22(31)27(13-4-5-13)20(28)12-2-3-12/h1,6,9,12-13,20,29H,2-5,7-8,10H2. The zero-order valence-electron chi connectivity index (χ0n) is 17.2. The molecule has 1 N–H and O–H groups in total. The van der Waals surface area contributed by atoms with Crippen LogP contribution in [0, 0.1) is 11.7 Å². The van der Waals surface area contributed by atoms with E-state index >= 15 is 0 Å². The summed E-state index contributed by atoms with van der Waals surface area (Å²) in [7, 11) is 0. The number of nitrogens with zero attached hydrogens (tertiary/aromatic N) is 3. The monoisotopic (exact) mass is 457 g/mol. The van der Waals surface area contributed by atoms with E-state index in [2.05, 4.69) is 0 Å². The molecule has 2 amide bonds. The highest BCUT2D eigenvalue weighted by Crippen LogP contribution is 2.50. The summed E-state index contributed by atoms with van der Waals surface area (Å²) in [5.74, 6) is -1.63. The second-order valence-corrected chi connectivity index (χ2v) is 9.55. The SMILES string of the molecule is O=C1c2c(c3n(c(=O)c2O)C(C2CC2)N(C2CC2)C3=O)CCN1Cc1ccc(F)c(Cl)c1. The second kappa shape index (κ2) is 6.81. The lowest BCUT2D eigenvalue weighted by molar-refractivity contribution is 0.0644. The van der Waals surface area contributed by atoms with Crippen molar-refractivity contribution in [3.05, 3.63) is 61.8 Å². The van der Waals surface area contributed by atoms with Gasteiger partial charge in [-0.25, -0.2) is 4.39 Å². The number of pyridine rings is 1. The number of amides is 2. The van der Waals surface area contributed by atoms with Crippen LogP contribution >= 0.6 is 11.6 Å². The third-order valence-corrected chi connectivity index (χ3v) is 7.24. The molecule has 2 aliphatic carbocycles. The highest BCUT2D eigenvalue weighted by atomic mass is 35.5. The van der Waals surface area contributed by atoms with Crippen LogP contribution in [-0.4, -0.2) is 43.9 Å². The fourth-order valence-corrected chi connectivity index (χ4v) is 5.34. The molecule has 1 atom stereocenters. The number of aromatic nitrogens is 1. The maximum Gasteiger partial charge on any atom is 0.295 e. The summed E-state index contributed by atoms with van der Waals surface area (Å²) in [5.41, 5.74) is 0.604. The molecule has 0 saturated heterocycles. The third-order valence-electron chi connectivity index (χ3n) is 6.95. The molecule has 32 heavy (non-hydrogen) atoms. The van der Waals surface area contributed by atoms with E-state index in [4.69, 9.17) is 11.6 Å². The van der Waals surface area contributed by atoms with Gasteiger partial charge < -0.3 is 14.9 Å². The Morgan fingerprint density at radius 2 is 1.84 bits per heavy atom. The van der Waals surface area contributed by atoms with E-state index in [1.54, 1.807) is 6.07 Å². The van der Waals surface area contributed by atoms with Gasteiger partial charge in [0.25, 0.3) is 17.4 Å². The Bertz CT molecular complexity index is 1250. The molecule has 0 radical (unpaired) electrons. The smallest absolute Gasteiger partial charge is 0.295 e. The van der Waals surface area contributed by atoms with Crippen molar-refractivity contribution in [2.24, 2.45) is 5.92 Å². The zero-order valence-corrected chi connectivity index (χ0v) is 17.9. The molecule has 0 bridgehead atoms. The average molecular weight is 458 g/mol. The van der Waals surface area contributed by atoms with E-state index in [1.807, 2.05) is 4.90 Å². The fourth-order valence-electron chi connectivity index (χ4n) is 5.14. The van der Waals surface area contributed by atoms with Crippen molar-refractivity contribution in [2.45, 2.75) is 50.9 Å². The number of hydrogen-bond donors (Lipinski definition) is 1. The zero-order chi connectivity index (χ0) is 22.3. The molecule has 2 fully saturated rings. The van der Waals surface area contributed by atoms with Crippen molar-refractivity contribution in [1.29, 1.82) is 0 Å². The number of fused-ring (bicyclic) bond motifs is 3. The van der Waals surface area contributed by atoms with Crippen LogP contribution in [0.5, 0.6) is 5.75 Å². The fraction of sp³-hybridized carbons (Fsp3) is 0.435. The molecule has 3 heterocycles. The molecule has 9 heteroatoms. The Kier molecular flexibility index (Phi) is 4.21. The van der Waals surface area contributed by atoms with Gasteiger partial charge in [-0.15, -0.1) is 0 Å². The molecule has 166 valence electrons. The second-order valence-electron chi connectivity index (χ2n) is 9.15. The first-order chi connectivity index (χ1) is 15.4. The van der Waals surface area contributed by atoms with Gasteiger partial charge in [0.05, 0.1) is 10.6 Å². The maximum atomic E-state index is 13.5. The van der Waals surface area contributed by atoms with Gasteiger partial charge in [-0.2, -0.15) is 0 Å². The number of benzene rings is 1.